The van der Waals surface area contributed by atoms with Crippen molar-refractivity contribution >= 4 is 37.5 Å². The molecule has 106 valence electrons. The van der Waals surface area contributed by atoms with Crippen LogP contribution in [0.2, 0.25) is 0 Å². The van der Waals surface area contributed by atoms with Gasteiger partial charge in [-0.05, 0) is 46.3 Å². The van der Waals surface area contributed by atoms with Crippen molar-refractivity contribution < 1.29 is 13.5 Å². The predicted molar refractivity (Wildman–Crippen MR) is 82.2 cm³/mol. The molecule has 0 aliphatic rings. The van der Waals surface area contributed by atoms with Crippen LogP contribution >= 0.6 is 31.9 Å². The molecule has 0 fully saturated rings. The lowest BCUT2D eigenvalue weighted by molar-refractivity contribution is -0.0504. The summed E-state index contributed by atoms with van der Waals surface area (Å²) in [5.74, 6) is 0.169. The van der Waals surface area contributed by atoms with Gasteiger partial charge in [0.2, 0.25) is 0 Å². The maximum atomic E-state index is 12.4. The number of ether oxygens (including phenoxy) is 1. The molecule has 0 aliphatic carbocycles. The van der Waals surface area contributed by atoms with Gasteiger partial charge in [-0.25, -0.2) is 0 Å². The largest absolute Gasteiger partial charge is 0.434 e. The quantitative estimate of drug-likeness (QED) is 0.715. The summed E-state index contributed by atoms with van der Waals surface area (Å²) in [5.41, 5.74) is 1.53. The first-order valence-corrected chi connectivity index (χ1v) is 7.36. The number of hydrogen-bond donors (Lipinski definition) is 1. The first-order valence-electron chi connectivity index (χ1n) is 5.78. The van der Waals surface area contributed by atoms with Crippen molar-refractivity contribution in [2.45, 2.75) is 13.2 Å². The molecular formula is C14H11Br2F2NO. The van der Waals surface area contributed by atoms with E-state index in [2.05, 4.69) is 41.9 Å². The molecule has 20 heavy (non-hydrogen) atoms. The van der Waals surface area contributed by atoms with E-state index >= 15 is 0 Å². The lowest BCUT2D eigenvalue weighted by Gasteiger charge is -2.13. The van der Waals surface area contributed by atoms with Gasteiger partial charge in [-0.1, -0.05) is 28.1 Å². The molecule has 0 amide bonds. The average Bonchev–Trinajstić information content (AvgIpc) is 2.40. The molecule has 0 spiro atoms. The summed E-state index contributed by atoms with van der Waals surface area (Å²) in [6, 6.07) is 12.5. The topological polar surface area (TPSA) is 21.3 Å². The number of halogens is 4. The Kier molecular flexibility index (Phi) is 5.37. The van der Waals surface area contributed by atoms with Gasteiger partial charge in [0.05, 0.1) is 0 Å². The van der Waals surface area contributed by atoms with Crippen molar-refractivity contribution in [2.75, 3.05) is 5.32 Å². The summed E-state index contributed by atoms with van der Waals surface area (Å²) in [4.78, 5) is 0. The molecule has 2 aromatic carbocycles. The number of anilines is 1. The van der Waals surface area contributed by atoms with Gasteiger partial charge in [-0.3, -0.25) is 0 Å². The second-order valence-electron chi connectivity index (χ2n) is 3.96. The van der Waals surface area contributed by atoms with Crippen molar-refractivity contribution in [3.8, 4) is 5.75 Å². The fourth-order valence-electron chi connectivity index (χ4n) is 1.69. The fourth-order valence-corrected chi connectivity index (χ4v) is 2.53. The van der Waals surface area contributed by atoms with Gasteiger partial charge in [0, 0.05) is 26.7 Å². The molecule has 0 bridgehead atoms. The molecule has 0 saturated carbocycles. The molecule has 0 aliphatic heterocycles. The van der Waals surface area contributed by atoms with E-state index in [9.17, 15) is 8.78 Å². The van der Waals surface area contributed by atoms with Gasteiger partial charge < -0.3 is 10.1 Å². The Morgan fingerprint density at radius 3 is 2.55 bits per heavy atom. The third-order valence-corrected chi connectivity index (χ3v) is 3.77. The summed E-state index contributed by atoms with van der Waals surface area (Å²) in [6.07, 6.45) is 0. The summed E-state index contributed by atoms with van der Waals surface area (Å²) in [6.45, 7) is -2.46. The smallest absolute Gasteiger partial charge is 0.387 e. The number of hydrogen-bond acceptors (Lipinski definition) is 2. The first-order chi connectivity index (χ1) is 9.56. The van der Waals surface area contributed by atoms with Crippen molar-refractivity contribution in [1.29, 1.82) is 0 Å². The standard InChI is InChI=1S/C14H11Br2F2NO/c15-10-5-6-13(20-14(17)18)9(7-10)8-19-12-4-2-1-3-11(12)16/h1-7,14,19H,8H2. The third kappa shape index (κ3) is 4.18. The van der Waals surface area contributed by atoms with Crippen molar-refractivity contribution in [2.24, 2.45) is 0 Å². The molecule has 0 saturated heterocycles. The molecule has 0 aromatic heterocycles. The number of benzene rings is 2. The zero-order chi connectivity index (χ0) is 14.5. The van der Waals surface area contributed by atoms with E-state index < -0.39 is 6.61 Å². The Balaban J connectivity index is 2.16. The molecule has 6 heteroatoms. The van der Waals surface area contributed by atoms with Gasteiger partial charge in [0.15, 0.2) is 0 Å². The van der Waals surface area contributed by atoms with Crippen LogP contribution in [0.15, 0.2) is 51.4 Å². The summed E-state index contributed by atoms with van der Waals surface area (Å²) >= 11 is 6.74. The normalized spacial score (nSPS) is 10.7. The van der Waals surface area contributed by atoms with Crippen LogP contribution < -0.4 is 10.1 Å². The summed E-state index contributed by atoms with van der Waals surface area (Å²) < 4.78 is 31.0. The monoisotopic (exact) mass is 405 g/mol. The Morgan fingerprint density at radius 2 is 1.85 bits per heavy atom. The van der Waals surface area contributed by atoms with E-state index in [1.807, 2.05) is 24.3 Å². The Labute approximate surface area is 132 Å². The number of alkyl halides is 2. The third-order valence-electron chi connectivity index (χ3n) is 2.58. The first kappa shape index (κ1) is 15.3. The van der Waals surface area contributed by atoms with Crippen LogP contribution in [0, 0.1) is 0 Å². The van der Waals surface area contributed by atoms with E-state index in [0.29, 0.717) is 12.1 Å². The van der Waals surface area contributed by atoms with Crippen LogP contribution in [0.5, 0.6) is 5.75 Å². The Morgan fingerprint density at radius 1 is 1.10 bits per heavy atom. The molecule has 2 rings (SSSR count). The minimum absolute atomic E-state index is 0.169. The number of nitrogens with one attached hydrogen (secondary N) is 1. The molecular weight excluding hydrogens is 396 g/mol. The maximum absolute atomic E-state index is 12.4. The van der Waals surface area contributed by atoms with Crippen molar-refractivity contribution in [3.63, 3.8) is 0 Å². The van der Waals surface area contributed by atoms with Crippen LogP contribution in [-0.4, -0.2) is 6.61 Å². The van der Waals surface area contributed by atoms with E-state index in [-0.39, 0.29) is 5.75 Å². The maximum Gasteiger partial charge on any atom is 0.387 e. The highest BCUT2D eigenvalue weighted by molar-refractivity contribution is 9.10. The molecule has 2 nitrogen and oxygen atoms in total. The van der Waals surface area contributed by atoms with Gasteiger partial charge in [-0.2, -0.15) is 8.78 Å². The zero-order valence-corrected chi connectivity index (χ0v) is 13.4. The minimum Gasteiger partial charge on any atom is -0.434 e. The zero-order valence-electron chi connectivity index (χ0n) is 10.2. The highest BCUT2D eigenvalue weighted by atomic mass is 79.9. The molecule has 0 atom stereocenters. The highest BCUT2D eigenvalue weighted by Crippen LogP contribution is 2.27. The predicted octanol–water partition coefficient (Wildman–Crippen LogP) is 5.43. The van der Waals surface area contributed by atoms with Crippen LogP contribution in [0.4, 0.5) is 14.5 Å². The number of rotatable bonds is 5. The highest BCUT2D eigenvalue weighted by Gasteiger charge is 2.10. The van der Waals surface area contributed by atoms with Gasteiger partial charge in [0.25, 0.3) is 0 Å². The van der Waals surface area contributed by atoms with E-state index in [4.69, 9.17) is 0 Å². The van der Waals surface area contributed by atoms with Gasteiger partial charge >= 0.3 is 6.61 Å². The van der Waals surface area contributed by atoms with Crippen LogP contribution in [0.25, 0.3) is 0 Å². The van der Waals surface area contributed by atoms with Crippen LogP contribution in [0.3, 0.4) is 0 Å². The van der Waals surface area contributed by atoms with Crippen LogP contribution in [0.1, 0.15) is 5.56 Å². The molecule has 0 heterocycles. The number of para-hydroxylation sites is 1. The van der Waals surface area contributed by atoms with Crippen LogP contribution in [-0.2, 0) is 6.54 Å². The van der Waals surface area contributed by atoms with Crippen molar-refractivity contribution in [1.82, 2.24) is 0 Å². The molecule has 0 radical (unpaired) electrons. The second-order valence-corrected chi connectivity index (χ2v) is 5.73. The van der Waals surface area contributed by atoms with E-state index in [1.165, 1.54) is 6.07 Å². The molecule has 0 unspecified atom stereocenters. The molecule has 1 N–H and O–H groups in total. The lowest BCUT2D eigenvalue weighted by atomic mass is 10.2. The second kappa shape index (κ2) is 7.04. The van der Waals surface area contributed by atoms with Gasteiger partial charge in [-0.15, -0.1) is 0 Å². The summed E-state index contributed by atoms with van der Waals surface area (Å²) in [5, 5.41) is 3.18. The molecule has 2 aromatic rings. The average molecular weight is 407 g/mol. The van der Waals surface area contributed by atoms with E-state index in [0.717, 1.165) is 14.6 Å². The van der Waals surface area contributed by atoms with Crippen molar-refractivity contribution in [3.05, 3.63) is 57.0 Å². The minimum atomic E-state index is -2.83. The lowest BCUT2D eigenvalue weighted by Crippen LogP contribution is -2.07. The van der Waals surface area contributed by atoms with E-state index in [1.54, 1.807) is 12.1 Å². The SMILES string of the molecule is FC(F)Oc1ccc(Br)cc1CNc1ccccc1Br. The Bertz CT molecular complexity index is 593. The van der Waals surface area contributed by atoms with Gasteiger partial charge in [0.1, 0.15) is 5.75 Å². The fraction of sp³-hybridized carbons (Fsp3) is 0.143. The summed E-state index contributed by atoms with van der Waals surface area (Å²) in [7, 11) is 0. The Hall–Kier alpha value is -1.14.